The molecule has 2 amide bonds. The molecule has 0 saturated heterocycles. The molecule has 5 rings (SSSR count). The fourth-order valence-corrected chi connectivity index (χ4v) is 4.46. The van der Waals surface area contributed by atoms with Crippen LogP contribution >= 0.6 is 11.6 Å². The van der Waals surface area contributed by atoms with Crippen LogP contribution < -0.4 is 10.1 Å². The number of para-hydroxylation sites is 1. The third-order valence-corrected chi connectivity index (χ3v) is 5.98. The van der Waals surface area contributed by atoms with Crippen molar-refractivity contribution in [3.63, 3.8) is 0 Å². The zero-order valence-electron chi connectivity index (χ0n) is 17.5. The van der Waals surface area contributed by atoms with Gasteiger partial charge >= 0.3 is 6.03 Å². The lowest BCUT2D eigenvalue weighted by Crippen LogP contribution is -2.38. The van der Waals surface area contributed by atoms with Crippen LogP contribution in [-0.2, 0) is 6.54 Å². The summed E-state index contributed by atoms with van der Waals surface area (Å²) in [6.07, 6.45) is 2.05. The van der Waals surface area contributed by atoms with Gasteiger partial charge in [-0.15, -0.1) is 0 Å². The Kier molecular flexibility index (Phi) is 5.33. The van der Waals surface area contributed by atoms with E-state index in [1.807, 2.05) is 47.5 Å². The Morgan fingerprint density at radius 2 is 1.78 bits per heavy atom. The molecule has 0 saturated carbocycles. The van der Waals surface area contributed by atoms with Gasteiger partial charge in [0.15, 0.2) is 0 Å². The van der Waals surface area contributed by atoms with E-state index >= 15 is 0 Å². The highest BCUT2D eigenvalue weighted by atomic mass is 35.5. The minimum atomic E-state index is -0.274. The number of aromatic nitrogens is 1. The number of benzene rings is 3. The molecule has 2 heterocycles. The molecule has 0 spiro atoms. The second kappa shape index (κ2) is 8.44. The van der Waals surface area contributed by atoms with Gasteiger partial charge in [0.25, 0.3) is 0 Å². The average Bonchev–Trinajstić information content (AvgIpc) is 3.24. The van der Waals surface area contributed by atoms with Gasteiger partial charge in [-0.2, -0.15) is 0 Å². The highest BCUT2D eigenvalue weighted by Gasteiger charge is 2.33. The highest BCUT2D eigenvalue weighted by Crippen LogP contribution is 2.37. The lowest BCUT2D eigenvalue weighted by molar-refractivity contribution is 0.194. The molecule has 0 aliphatic carbocycles. The monoisotopic (exact) mass is 443 g/mol. The third-order valence-electron chi connectivity index (χ3n) is 5.74. The number of halogens is 1. The zero-order chi connectivity index (χ0) is 22.1. The lowest BCUT2D eigenvalue weighted by Gasteiger charge is -2.31. The molecular formula is C26H22ClN3O2. The average molecular weight is 444 g/mol. The molecule has 1 aromatic heterocycles. The number of anilines is 1. The Hall–Kier alpha value is -3.70. The maximum absolute atomic E-state index is 13.7. The Balaban J connectivity index is 1.62. The summed E-state index contributed by atoms with van der Waals surface area (Å²) in [4.78, 5) is 15.6. The van der Waals surface area contributed by atoms with E-state index < -0.39 is 0 Å². The van der Waals surface area contributed by atoms with Gasteiger partial charge in [-0.05, 0) is 47.5 Å². The topological polar surface area (TPSA) is 46.5 Å². The fourth-order valence-electron chi connectivity index (χ4n) is 4.29. The van der Waals surface area contributed by atoms with Crippen LogP contribution in [0.25, 0.3) is 5.69 Å². The van der Waals surface area contributed by atoms with E-state index in [-0.39, 0.29) is 12.1 Å². The number of carbonyl (C=O) groups is 1. The zero-order valence-corrected chi connectivity index (χ0v) is 18.3. The van der Waals surface area contributed by atoms with Gasteiger partial charge in [0, 0.05) is 16.9 Å². The number of fused-ring (bicyclic) bond motifs is 3. The van der Waals surface area contributed by atoms with Gasteiger partial charge in [0.1, 0.15) is 5.75 Å². The van der Waals surface area contributed by atoms with Gasteiger partial charge in [-0.3, -0.25) is 0 Å². The molecule has 4 aromatic rings. The SMILES string of the molecule is COc1ccc(Cl)cc1NC(=O)N1Cc2ccccc2-n2cccc2C1c1ccccc1. The Bertz CT molecular complexity index is 1270. The van der Waals surface area contributed by atoms with Gasteiger partial charge in [0.05, 0.1) is 31.1 Å². The molecule has 6 heteroatoms. The summed E-state index contributed by atoms with van der Waals surface area (Å²) < 4.78 is 7.60. The minimum Gasteiger partial charge on any atom is -0.495 e. The number of carbonyl (C=O) groups excluding carboxylic acids is 1. The fraction of sp³-hybridized carbons (Fsp3) is 0.115. The number of ether oxygens (including phenoxy) is 1. The molecular weight excluding hydrogens is 422 g/mol. The van der Waals surface area contributed by atoms with Crippen molar-refractivity contribution in [2.75, 3.05) is 12.4 Å². The first-order chi connectivity index (χ1) is 15.7. The Morgan fingerprint density at radius 3 is 2.59 bits per heavy atom. The molecule has 3 aromatic carbocycles. The van der Waals surface area contributed by atoms with Crippen molar-refractivity contribution in [2.45, 2.75) is 12.6 Å². The summed E-state index contributed by atoms with van der Waals surface area (Å²) in [5, 5.41) is 3.55. The van der Waals surface area contributed by atoms with Crippen LogP contribution in [0.5, 0.6) is 5.75 Å². The number of nitrogens with zero attached hydrogens (tertiary/aromatic N) is 2. The largest absolute Gasteiger partial charge is 0.495 e. The lowest BCUT2D eigenvalue weighted by atomic mass is 10.0. The quantitative estimate of drug-likeness (QED) is 0.405. The number of hydrogen-bond donors (Lipinski definition) is 1. The van der Waals surface area contributed by atoms with Crippen molar-refractivity contribution in [3.8, 4) is 11.4 Å². The van der Waals surface area contributed by atoms with E-state index in [0.29, 0.717) is 23.0 Å². The van der Waals surface area contributed by atoms with Crippen LogP contribution in [0.1, 0.15) is 22.9 Å². The van der Waals surface area contributed by atoms with Gasteiger partial charge in [0.2, 0.25) is 0 Å². The van der Waals surface area contributed by atoms with Crippen molar-refractivity contribution in [1.29, 1.82) is 0 Å². The normalized spacial score (nSPS) is 14.8. The second-order valence-corrected chi connectivity index (χ2v) is 8.08. The van der Waals surface area contributed by atoms with Crippen LogP contribution in [0.4, 0.5) is 10.5 Å². The van der Waals surface area contributed by atoms with Crippen molar-refractivity contribution in [3.05, 3.63) is 113 Å². The summed E-state index contributed by atoms with van der Waals surface area (Å²) >= 11 is 6.19. The van der Waals surface area contributed by atoms with Crippen LogP contribution in [-0.4, -0.2) is 22.6 Å². The minimum absolute atomic E-state index is 0.233. The maximum atomic E-state index is 13.7. The summed E-state index contributed by atoms with van der Waals surface area (Å²) in [7, 11) is 1.57. The van der Waals surface area contributed by atoms with E-state index in [1.165, 1.54) is 0 Å². The van der Waals surface area contributed by atoms with E-state index in [0.717, 1.165) is 22.5 Å². The number of hydrogen-bond acceptors (Lipinski definition) is 2. The first-order valence-corrected chi connectivity index (χ1v) is 10.7. The molecule has 1 aliphatic heterocycles. The molecule has 0 radical (unpaired) electrons. The van der Waals surface area contributed by atoms with Crippen molar-refractivity contribution >= 4 is 23.3 Å². The van der Waals surface area contributed by atoms with Crippen LogP contribution in [0.2, 0.25) is 5.02 Å². The number of amides is 2. The van der Waals surface area contributed by atoms with Crippen molar-refractivity contribution < 1.29 is 9.53 Å². The smallest absolute Gasteiger partial charge is 0.323 e. The molecule has 1 N–H and O–H groups in total. The molecule has 0 bridgehead atoms. The third kappa shape index (κ3) is 3.61. The van der Waals surface area contributed by atoms with E-state index in [2.05, 4.69) is 40.2 Å². The Labute approximate surface area is 191 Å². The van der Waals surface area contributed by atoms with E-state index in [9.17, 15) is 4.79 Å². The standard InChI is InChI=1S/C26H22ClN3O2/c1-32-24-14-13-20(27)16-21(24)28-26(31)30-17-19-10-5-6-11-22(19)29-15-7-12-23(29)25(30)18-8-3-2-4-9-18/h2-16,25H,17H2,1H3,(H,28,31). The molecule has 160 valence electrons. The predicted molar refractivity (Wildman–Crippen MR) is 127 cm³/mol. The van der Waals surface area contributed by atoms with Gasteiger partial charge in [-0.1, -0.05) is 60.1 Å². The number of urea groups is 1. The molecule has 1 atom stereocenters. The van der Waals surface area contributed by atoms with E-state index in [4.69, 9.17) is 16.3 Å². The summed E-state index contributed by atoms with van der Waals surface area (Å²) in [5.41, 5.74) is 4.73. The van der Waals surface area contributed by atoms with E-state index in [1.54, 1.807) is 25.3 Å². The van der Waals surface area contributed by atoms with Crippen LogP contribution in [0.3, 0.4) is 0 Å². The number of nitrogens with one attached hydrogen (secondary N) is 1. The van der Waals surface area contributed by atoms with Crippen molar-refractivity contribution in [1.82, 2.24) is 9.47 Å². The maximum Gasteiger partial charge on any atom is 0.323 e. The molecule has 1 unspecified atom stereocenters. The first-order valence-electron chi connectivity index (χ1n) is 10.4. The molecule has 5 nitrogen and oxygen atoms in total. The highest BCUT2D eigenvalue weighted by molar-refractivity contribution is 6.31. The van der Waals surface area contributed by atoms with Crippen LogP contribution in [0.15, 0.2) is 91.1 Å². The van der Waals surface area contributed by atoms with Gasteiger partial charge in [-0.25, -0.2) is 4.79 Å². The van der Waals surface area contributed by atoms with Crippen LogP contribution in [0, 0.1) is 0 Å². The summed E-state index contributed by atoms with van der Waals surface area (Å²) in [6.45, 7) is 0.451. The summed E-state index contributed by atoms with van der Waals surface area (Å²) in [5.74, 6) is 0.553. The number of methoxy groups -OCH3 is 1. The summed E-state index contributed by atoms with van der Waals surface area (Å²) in [6, 6.07) is 27.0. The predicted octanol–water partition coefficient (Wildman–Crippen LogP) is 6.28. The van der Waals surface area contributed by atoms with Crippen molar-refractivity contribution in [2.24, 2.45) is 0 Å². The Morgan fingerprint density at radius 1 is 1.00 bits per heavy atom. The second-order valence-electron chi connectivity index (χ2n) is 7.65. The first kappa shape index (κ1) is 20.2. The molecule has 32 heavy (non-hydrogen) atoms. The molecule has 0 fully saturated rings. The van der Waals surface area contributed by atoms with Gasteiger partial charge < -0.3 is 19.5 Å². The molecule has 1 aliphatic rings. The number of rotatable bonds is 3.